The summed E-state index contributed by atoms with van der Waals surface area (Å²) >= 11 is 0. The van der Waals surface area contributed by atoms with Gasteiger partial charge in [0.15, 0.2) is 0 Å². The van der Waals surface area contributed by atoms with Crippen LogP contribution in [0.1, 0.15) is 46.8 Å². The lowest BCUT2D eigenvalue weighted by Gasteiger charge is -2.38. The van der Waals surface area contributed by atoms with E-state index < -0.39 is 0 Å². The number of hydrogen-bond acceptors (Lipinski definition) is 4. The summed E-state index contributed by atoms with van der Waals surface area (Å²) in [5.41, 5.74) is 3.53. The summed E-state index contributed by atoms with van der Waals surface area (Å²) < 4.78 is 0. The van der Waals surface area contributed by atoms with Gasteiger partial charge in [0.05, 0.1) is 6.04 Å². The van der Waals surface area contributed by atoms with E-state index in [2.05, 4.69) is 22.8 Å². The minimum atomic E-state index is -0.0628. The predicted molar refractivity (Wildman–Crippen MR) is 101 cm³/mol. The van der Waals surface area contributed by atoms with Gasteiger partial charge in [0, 0.05) is 35.3 Å². The number of benzene rings is 2. The normalized spacial score (nSPS) is 23.0. The van der Waals surface area contributed by atoms with Crippen LogP contribution in [0.4, 0.5) is 5.69 Å². The zero-order valence-corrected chi connectivity index (χ0v) is 14.6. The third-order valence-corrected chi connectivity index (χ3v) is 5.31. The van der Waals surface area contributed by atoms with E-state index >= 15 is 0 Å². The molecule has 0 fully saturated rings. The Bertz CT molecular complexity index is 891. The molecule has 5 heteroatoms. The van der Waals surface area contributed by atoms with E-state index in [9.17, 15) is 15.0 Å². The minimum Gasteiger partial charge on any atom is -0.508 e. The monoisotopic (exact) mass is 350 g/mol. The quantitative estimate of drug-likeness (QED) is 0.637. The molecule has 0 saturated heterocycles. The van der Waals surface area contributed by atoms with Crippen molar-refractivity contribution in [2.45, 2.75) is 25.3 Å². The number of allylic oxidation sites excluding steroid dienone is 2. The van der Waals surface area contributed by atoms with Crippen LogP contribution in [0.5, 0.6) is 11.5 Å². The number of hydrogen-bond donors (Lipinski definition) is 4. The van der Waals surface area contributed by atoms with Gasteiger partial charge in [-0.25, -0.2) is 0 Å². The highest BCUT2D eigenvalue weighted by atomic mass is 16.3. The summed E-state index contributed by atoms with van der Waals surface area (Å²) in [5, 5.41) is 26.3. The molecule has 1 heterocycles. The standard InChI is InChI=1S/C21H22N2O3/c1-2-22-21(26)12-6-9-18-17(10-12)14-4-3-5-15(14)20(23-18)16-8-7-13(24)11-19(16)25/h3-4,6-11,14-15,20,23-25H,2,5H2,1H3,(H,22,26). The van der Waals surface area contributed by atoms with Crippen molar-refractivity contribution in [2.75, 3.05) is 11.9 Å². The van der Waals surface area contributed by atoms with E-state index in [1.807, 2.05) is 25.1 Å². The first-order valence-electron chi connectivity index (χ1n) is 8.95. The summed E-state index contributed by atoms with van der Waals surface area (Å²) in [4.78, 5) is 12.2. The van der Waals surface area contributed by atoms with Crippen LogP contribution in [0, 0.1) is 5.92 Å². The lowest BCUT2D eigenvalue weighted by Crippen LogP contribution is -2.30. The van der Waals surface area contributed by atoms with E-state index in [-0.39, 0.29) is 35.3 Å². The van der Waals surface area contributed by atoms with E-state index in [0.29, 0.717) is 12.1 Å². The highest BCUT2D eigenvalue weighted by Crippen LogP contribution is 2.51. The Labute approximate surface area is 152 Å². The average molecular weight is 350 g/mol. The van der Waals surface area contributed by atoms with Gasteiger partial charge >= 0.3 is 0 Å². The van der Waals surface area contributed by atoms with Crippen LogP contribution in [0.15, 0.2) is 48.6 Å². The maximum absolute atomic E-state index is 12.2. The Morgan fingerprint density at radius 1 is 1.19 bits per heavy atom. The molecule has 4 rings (SSSR count). The number of phenolic OH excluding ortho intramolecular Hbond substituents is 2. The Balaban J connectivity index is 1.73. The Morgan fingerprint density at radius 2 is 2.04 bits per heavy atom. The predicted octanol–water partition coefficient (Wildman–Crippen LogP) is 3.67. The Hall–Kier alpha value is -2.95. The molecule has 0 spiro atoms. The van der Waals surface area contributed by atoms with Gasteiger partial charge in [0.25, 0.3) is 5.91 Å². The van der Waals surface area contributed by atoms with Gasteiger partial charge in [0.2, 0.25) is 0 Å². The first-order chi connectivity index (χ1) is 12.6. The molecule has 2 aromatic carbocycles. The van der Waals surface area contributed by atoms with Crippen LogP contribution in [0.3, 0.4) is 0 Å². The van der Waals surface area contributed by atoms with Gasteiger partial charge in [-0.2, -0.15) is 0 Å². The molecule has 3 atom stereocenters. The molecule has 0 radical (unpaired) electrons. The number of anilines is 1. The largest absolute Gasteiger partial charge is 0.508 e. The molecule has 5 nitrogen and oxygen atoms in total. The summed E-state index contributed by atoms with van der Waals surface area (Å²) in [6.07, 6.45) is 5.25. The van der Waals surface area contributed by atoms with Crippen molar-refractivity contribution in [3.05, 3.63) is 65.2 Å². The second-order valence-corrected chi connectivity index (χ2v) is 6.88. The van der Waals surface area contributed by atoms with Gasteiger partial charge in [-0.05, 0) is 55.2 Å². The topological polar surface area (TPSA) is 81.6 Å². The summed E-state index contributed by atoms with van der Waals surface area (Å²) in [6.45, 7) is 2.50. The van der Waals surface area contributed by atoms with Crippen LogP contribution in [0.2, 0.25) is 0 Å². The number of rotatable bonds is 3. The minimum absolute atomic E-state index is 0.0511. The highest BCUT2D eigenvalue weighted by Gasteiger charge is 2.39. The maximum atomic E-state index is 12.2. The molecule has 2 aromatic rings. The number of carbonyl (C=O) groups is 1. The van der Waals surface area contributed by atoms with Gasteiger partial charge in [-0.1, -0.05) is 12.2 Å². The first-order valence-corrected chi connectivity index (χ1v) is 8.95. The number of nitrogens with one attached hydrogen (secondary N) is 2. The lowest BCUT2D eigenvalue weighted by atomic mass is 9.76. The van der Waals surface area contributed by atoms with Gasteiger partial charge < -0.3 is 20.8 Å². The van der Waals surface area contributed by atoms with Crippen molar-refractivity contribution in [3.8, 4) is 11.5 Å². The lowest BCUT2D eigenvalue weighted by molar-refractivity contribution is 0.0955. The van der Waals surface area contributed by atoms with E-state index in [1.54, 1.807) is 12.1 Å². The third kappa shape index (κ3) is 2.69. The highest BCUT2D eigenvalue weighted by molar-refractivity contribution is 5.95. The van der Waals surface area contributed by atoms with E-state index in [1.165, 1.54) is 6.07 Å². The fraction of sp³-hybridized carbons (Fsp3) is 0.286. The van der Waals surface area contributed by atoms with E-state index in [4.69, 9.17) is 0 Å². The third-order valence-electron chi connectivity index (χ3n) is 5.31. The second kappa shape index (κ2) is 6.41. The number of phenols is 2. The van der Waals surface area contributed by atoms with Gasteiger partial charge in [-0.15, -0.1) is 0 Å². The van der Waals surface area contributed by atoms with Crippen molar-refractivity contribution in [1.82, 2.24) is 5.32 Å². The number of carbonyl (C=O) groups excluding carboxylic acids is 1. The molecular weight excluding hydrogens is 328 g/mol. The Morgan fingerprint density at radius 3 is 2.81 bits per heavy atom. The molecule has 0 saturated carbocycles. The molecule has 2 aliphatic rings. The zero-order chi connectivity index (χ0) is 18.3. The van der Waals surface area contributed by atoms with E-state index in [0.717, 1.165) is 23.2 Å². The van der Waals surface area contributed by atoms with Crippen LogP contribution < -0.4 is 10.6 Å². The summed E-state index contributed by atoms with van der Waals surface area (Å²) in [7, 11) is 0. The maximum Gasteiger partial charge on any atom is 0.251 e. The fourth-order valence-electron chi connectivity index (χ4n) is 4.10. The molecule has 134 valence electrons. The fourth-order valence-corrected chi connectivity index (χ4v) is 4.10. The number of fused-ring (bicyclic) bond motifs is 3. The van der Waals surface area contributed by atoms with Crippen molar-refractivity contribution < 1.29 is 15.0 Å². The summed E-state index contributed by atoms with van der Waals surface area (Å²) in [5.74, 6) is 0.527. The molecule has 1 aliphatic heterocycles. The molecule has 3 unspecified atom stereocenters. The Kier molecular flexibility index (Phi) is 4.07. The average Bonchev–Trinajstić information content (AvgIpc) is 3.11. The molecule has 4 N–H and O–H groups in total. The zero-order valence-electron chi connectivity index (χ0n) is 14.6. The smallest absolute Gasteiger partial charge is 0.251 e. The van der Waals surface area contributed by atoms with Crippen LogP contribution >= 0.6 is 0 Å². The van der Waals surface area contributed by atoms with Crippen LogP contribution in [-0.4, -0.2) is 22.7 Å². The van der Waals surface area contributed by atoms with Crippen molar-refractivity contribution in [1.29, 1.82) is 0 Å². The molecule has 0 bridgehead atoms. The van der Waals surface area contributed by atoms with Gasteiger partial charge in [0.1, 0.15) is 11.5 Å². The van der Waals surface area contributed by atoms with Crippen molar-refractivity contribution >= 4 is 11.6 Å². The van der Waals surface area contributed by atoms with Crippen molar-refractivity contribution in [2.24, 2.45) is 5.92 Å². The van der Waals surface area contributed by atoms with Gasteiger partial charge in [-0.3, -0.25) is 4.79 Å². The number of amides is 1. The molecular formula is C21H22N2O3. The SMILES string of the molecule is CCNC(=O)c1ccc2c(c1)C1C=CCC1C(c1ccc(O)cc1O)N2. The summed E-state index contributed by atoms with van der Waals surface area (Å²) in [6, 6.07) is 10.4. The molecule has 1 aliphatic carbocycles. The van der Waals surface area contributed by atoms with Crippen molar-refractivity contribution in [3.63, 3.8) is 0 Å². The van der Waals surface area contributed by atoms with Crippen LogP contribution in [-0.2, 0) is 0 Å². The second-order valence-electron chi connectivity index (χ2n) is 6.88. The van der Waals surface area contributed by atoms with Crippen LogP contribution in [0.25, 0.3) is 0 Å². The molecule has 26 heavy (non-hydrogen) atoms. The molecule has 0 aromatic heterocycles. The first kappa shape index (κ1) is 16.5. The number of aromatic hydroxyl groups is 2. The molecule has 1 amide bonds.